The monoisotopic (exact) mass is 197 g/mol. The zero-order valence-corrected chi connectivity index (χ0v) is 9.35. The lowest BCUT2D eigenvalue weighted by Crippen LogP contribution is -2.27. The summed E-state index contributed by atoms with van der Waals surface area (Å²) < 4.78 is 0. The lowest BCUT2D eigenvalue weighted by Gasteiger charge is -2.16. The molecule has 0 heterocycles. The van der Waals surface area contributed by atoms with Crippen LogP contribution < -0.4 is 5.32 Å². The molecule has 0 unspecified atom stereocenters. The first kappa shape index (κ1) is 11.5. The van der Waals surface area contributed by atoms with Gasteiger partial charge in [-0.05, 0) is 12.8 Å². The van der Waals surface area contributed by atoms with Gasteiger partial charge in [-0.2, -0.15) is 0 Å². The van der Waals surface area contributed by atoms with Crippen molar-refractivity contribution in [3.63, 3.8) is 0 Å². The minimum Gasteiger partial charge on any atom is -0.359 e. The zero-order valence-electron chi connectivity index (χ0n) is 9.35. The molecule has 82 valence electrons. The summed E-state index contributed by atoms with van der Waals surface area (Å²) in [6, 6.07) is 0. The molecule has 0 atom stereocenters. The average Bonchev–Trinajstić information content (AvgIpc) is 2.24. The van der Waals surface area contributed by atoms with Crippen LogP contribution in [0.25, 0.3) is 0 Å². The Hall–Kier alpha value is -0.530. The van der Waals surface area contributed by atoms with E-state index < -0.39 is 0 Å². The first-order chi connectivity index (χ1) is 6.84. The minimum atomic E-state index is 0.255. The van der Waals surface area contributed by atoms with Gasteiger partial charge in [0, 0.05) is 13.0 Å². The van der Waals surface area contributed by atoms with Crippen LogP contribution in [0.1, 0.15) is 57.8 Å². The molecule has 2 nitrogen and oxygen atoms in total. The largest absolute Gasteiger partial charge is 0.359 e. The van der Waals surface area contributed by atoms with Crippen molar-refractivity contribution in [3.8, 4) is 0 Å². The summed E-state index contributed by atoms with van der Waals surface area (Å²) in [5.74, 6) is 0.545. The summed E-state index contributed by atoms with van der Waals surface area (Å²) in [6.45, 7) is 0. The third-order valence-corrected chi connectivity index (χ3v) is 3.22. The molecule has 1 aliphatic rings. The molecule has 1 rings (SSSR count). The fourth-order valence-corrected chi connectivity index (χ4v) is 2.28. The van der Waals surface area contributed by atoms with E-state index in [-0.39, 0.29) is 11.8 Å². The van der Waals surface area contributed by atoms with Gasteiger partial charge in [0.25, 0.3) is 0 Å². The zero-order chi connectivity index (χ0) is 10.2. The van der Waals surface area contributed by atoms with Crippen molar-refractivity contribution in [2.24, 2.45) is 5.92 Å². The molecule has 1 fully saturated rings. The smallest absolute Gasteiger partial charge is 0.222 e. The molecular formula is C12H23NO. The van der Waals surface area contributed by atoms with Crippen LogP contribution in [0.5, 0.6) is 0 Å². The van der Waals surface area contributed by atoms with Crippen molar-refractivity contribution in [2.45, 2.75) is 57.8 Å². The standard InChI is InChI=1S/C12H23NO/c1-13-12(14)11-9-7-5-3-2-4-6-8-10-11/h11H,2-10H2,1H3,(H,13,14). The van der Waals surface area contributed by atoms with Gasteiger partial charge in [0.05, 0.1) is 0 Å². The highest BCUT2D eigenvalue weighted by Gasteiger charge is 2.16. The van der Waals surface area contributed by atoms with Crippen LogP contribution in [0.2, 0.25) is 0 Å². The van der Waals surface area contributed by atoms with E-state index in [4.69, 9.17) is 0 Å². The fourth-order valence-electron chi connectivity index (χ4n) is 2.28. The van der Waals surface area contributed by atoms with Crippen LogP contribution in [0, 0.1) is 5.92 Å². The summed E-state index contributed by atoms with van der Waals surface area (Å²) in [7, 11) is 1.75. The first-order valence-corrected chi connectivity index (χ1v) is 6.06. The van der Waals surface area contributed by atoms with E-state index in [1.54, 1.807) is 7.05 Å². The highest BCUT2D eigenvalue weighted by atomic mass is 16.1. The molecule has 1 amide bonds. The van der Waals surface area contributed by atoms with Crippen LogP contribution in [0.4, 0.5) is 0 Å². The van der Waals surface area contributed by atoms with Gasteiger partial charge < -0.3 is 5.32 Å². The average molecular weight is 197 g/mol. The highest BCUT2D eigenvalue weighted by molar-refractivity contribution is 5.78. The Morgan fingerprint density at radius 3 is 1.79 bits per heavy atom. The molecular weight excluding hydrogens is 174 g/mol. The Kier molecular flexibility index (Phi) is 5.65. The Morgan fingerprint density at radius 1 is 0.929 bits per heavy atom. The first-order valence-electron chi connectivity index (χ1n) is 6.06. The van der Waals surface area contributed by atoms with Crippen molar-refractivity contribution >= 4 is 5.91 Å². The quantitative estimate of drug-likeness (QED) is 0.688. The molecule has 0 aliphatic heterocycles. The topological polar surface area (TPSA) is 29.1 Å². The van der Waals surface area contributed by atoms with Crippen LogP contribution in [0.3, 0.4) is 0 Å². The van der Waals surface area contributed by atoms with Crippen LogP contribution in [-0.2, 0) is 4.79 Å². The van der Waals surface area contributed by atoms with Gasteiger partial charge in [0.2, 0.25) is 5.91 Å². The molecule has 1 saturated carbocycles. The van der Waals surface area contributed by atoms with Crippen LogP contribution in [-0.4, -0.2) is 13.0 Å². The number of hydrogen-bond donors (Lipinski definition) is 1. The predicted molar refractivity (Wildman–Crippen MR) is 59.1 cm³/mol. The highest BCUT2D eigenvalue weighted by Crippen LogP contribution is 2.21. The van der Waals surface area contributed by atoms with Gasteiger partial charge in [-0.1, -0.05) is 44.9 Å². The van der Waals surface area contributed by atoms with E-state index in [9.17, 15) is 4.79 Å². The molecule has 0 aromatic heterocycles. The number of nitrogens with one attached hydrogen (secondary N) is 1. The minimum absolute atomic E-state index is 0.255. The van der Waals surface area contributed by atoms with Gasteiger partial charge in [-0.3, -0.25) is 4.79 Å². The number of hydrogen-bond acceptors (Lipinski definition) is 1. The maximum atomic E-state index is 11.5. The maximum absolute atomic E-state index is 11.5. The SMILES string of the molecule is CNC(=O)C1CCCCCCCCC1. The normalized spacial score (nSPS) is 21.5. The molecule has 2 heteroatoms. The van der Waals surface area contributed by atoms with Gasteiger partial charge in [0.15, 0.2) is 0 Å². The Labute approximate surface area is 87.5 Å². The van der Waals surface area contributed by atoms with E-state index in [0.717, 1.165) is 12.8 Å². The summed E-state index contributed by atoms with van der Waals surface area (Å²) >= 11 is 0. The van der Waals surface area contributed by atoms with Gasteiger partial charge in [-0.25, -0.2) is 0 Å². The molecule has 0 aromatic carbocycles. The second-order valence-electron chi connectivity index (χ2n) is 4.36. The molecule has 0 aromatic rings. The van der Waals surface area contributed by atoms with Crippen molar-refractivity contribution in [1.82, 2.24) is 5.32 Å². The van der Waals surface area contributed by atoms with Crippen molar-refractivity contribution in [1.29, 1.82) is 0 Å². The van der Waals surface area contributed by atoms with Crippen LogP contribution in [0.15, 0.2) is 0 Å². The second kappa shape index (κ2) is 6.86. The van der Waals surface area contributed by atoms with E-state index in [1.807, 2.05) is 0 Å². The lowest BCUT2D eigenvalue weighted by atomic mass is 9.92. The molecule has 0 bridgehead atoms. The fraction of sp³-hybridized carbons (Fsp3) is 0.917. The van der Waals surface area contributed by atoms with Crippen molar-refractivity contribution in [2.75, 3.05) is 7.05 Å². The van der Waals surface area contributed by atoms with Crippen molar-refractivity contribution in [3.05, 3.63) is 0 Å². The van der Waals surface area contributed by atoms with Crippen LogP contribution >= 0.6 is 0 Å². The van der Waals surface area contributed by atoms with Gasteiger partial charge >= 0.3 is 0 Å². The molecule has 0 radical (unpaired) electrons. The second-order valence-corrected chi connectivity index (χ2v) is 4.36. The Balaban J connectivity index is 2.34. The Morgan fingerprint density at radius 2 is 1.36 bits per heavy atom. The lowest BCUT2D eigenvalue weighted by molar-refractivity contribution is -0.125. The number of amides is 1. The van der Waals surface area contributed by atoms with Gasteiger partial charge in [-0.15, -0.1) is 0 Å². The van der Waals surface area contributed by atoms with E-state index in [0.29, 0.717) is 0 Å². The maximum Gasteiger partial charge on any atom is 0.222 e. The molecule has 1 aliphatic carbocycles. The Bertz CT molecular complexity index is 158. The third kappa shape index (κ3) is 4.12. The predicted octanol–water partition coefficient (Wildman–Crippen LogP) is 2.87. The van der Waals surface area contributed by atoms with E-state index in [1.165, 1.54) is 44.9 Å². The summed E-state index contributed by atoms with van der Waals surface area (Å²) in [4.78, 5) is 11.5. The molecule has 14 heavy (non-hydrogen) atoms. The number of carbonyl (C=O) groups is 1. The molecule has 1 N–H and O–H groups in total. The number of carbonyl (C=O) groups excluding carboxylic acids is 1. The van der Waals surface area contributed by atoms with Crippen molar-refractivity contribution < 1.29 is 4.79 Å². The molecule has 0 saturated heterocycles. The number of rotatable bonds is 1. The molecule has 0 spiro atoms. The van der Waals surface area contributed by atoms with Gasteiger partial charge in [0.1, 0.15) is 0 Å². The summed E-state index contributed by atoms with van der Waals surface area (Å²) in [6.07, 6.45) is 11.4. The van der Waals surface area contributed by atoms with E-state index in [2.05, 4.69) is 5.32 Å². The summed E-state index contributed by atoms with van der Waals surface area (Å²) in [5.41, 5.74) is 0. The third-order valence-electron chi connectivity index (χ3n) is 3.22. The summed E-state index contributed by atoms with van der Waals surface area (Å²) in [5, 5.41) is 2.78. The van der Waals surface area contributed by atoms with E-state index >= 15 is 0 Å².